The van der Waals surface area contributed by atoms with Gasteiger partial charge in [0.1, 0.15) is 11.7 Å². The molecule has 0 fully saturated rings. The van der Waals surface area contributed by atoms with E-state index in [0.717, 1.165) is 0 Å². The van der Waals surface area contributed by atoms with Gasteiger partial charge in [-0.05, 0) is 5.56 Å². The van der Waals surface area contributed by atoms with Crippen LogP contribution in [0, 0.1) is 10.1 Å². The maximum Gasteiger partial charge on any atom is 0.269 e. The van der Waals surface area contributed by atoms with Gasteiger partial charge < -0.3 is 4.79 Å². The Kier molecular flexibility index (Phi) is 2.97. The minimum Gasteiger partial charge on any atom is -0.301 e. The first kappa shape index (κ1) is 9.67. The highest BCUT2D eigenvalue weighted by Crippen LogP contribution is 2.20. The van der Waals surface area contributed by atoms with E-state index in [1.54, 1.807) is 0 Å². The van der Waals surface area contributed by atoms with Gasteiger partial charge in [-0.1, -0.05) is 12.1 Å². The van der Waals surface area contributed by atoms with Crippen molar-refractivity contribution in [2.24, 2.45) is 0 Å². The summed E-state index contributed by atoms with van der Waals surface area (Å²) in [5, 5.41) is 9.52. The number of nitro groups is 1. The number of benzene rings is 1. The second-order valence-corrected chi connectivity index (χ2v) is 2.86. The fourth-order valence-electron chi connectivity index (χ4n) is 0.858. The molecule has 13 heavy (non-hydrogen) atoms. The SMILES string of the molecule is O=C[C@@H](Cl)c1ccc([N+](=O)[O-])cc1. The van der Waals surface area contributed by atoms with E-state index in [9.17, 15) is 14.9 Å². The molecule has 1 aromatic rings. The number of rotatable bonds is 3. The van der Waals surface area contributed by atoms with Crippen LogP contribution in [0.1, 0.15) is 10.9 Å². The van der Waals surface area contributed by atoms with Crippen LogP contribution in [-0.4, -0.2) is 11.2 Å². The highest BCUT2D eigenvalue weighted by atomic mass is 35.5. The zero-order valence-electron chi connectivity index (χ0n) is 6.51. The fraction of sp³-hybridized carbons (Fsp3) is 0.125. The van der Waals surface area contributed by atoms with Crippen molar-refractivity contribution in [2.45, 2.75) is 5.38 Å². The summed E-state index contributed by atoms with van der Waals surface area (Å²) >= 11 is 5.58. The molecule has 0 aromatic heterocycles. The first-order valence-corrected chi connectivity index (χ1v) is 3.92. The third-order valence-electron chi connectivity index (χ3n) is 1.54. The summed E-state index contributed by atoms with van der Waals surface area (Å²) in [6.45, 7) is 0. The standard InChI is InChI=1S/C8H6ClNO3/c9-8(5-11)6-1-3-7(4-2-6)10(12)13/h1-5,8H/t8-/m1/s1. The third kappa shape index (κ3) is 2.26. The molecule has 1 aromatic carbocycles. The number of hydrogen-bond acceptors (Lipinski definition) is 3. The Balaban J connectivity index is 2.93. The van der Waals surface area contributed by atoms with Crippen molar-refractivity contribution in [3.8, 4) is 0 Å². The first-order chi connectivity index (χ1) is 6.15. The van der Waals surface area contributed by atoms with Crippen LogP contribution in [0.4, 0.5) is 5.69 Å². The van der Waals surface area contributed by atoms with Crippen molar-refractivity contribution < 1.29 is 9.72 Å². The molecule has 1 rings (SSSR count). The highest BCUT2D eigenvalue weighted by Gasteiger charge is 2.08. The summed E-state index contributed by atoms with van der Waals surface area (Å²) in [4.78, 5) is 20.0. The van der Waals surface area contributed by atoms with Crippen molar-refractivity contribution in [3.63, 3.8) is 0 Å². The molecular formula is C8H6ClNO3. The highest BCUT2D eigenvalue weighted by molar-refractivity contribution is 6.27. The van der Waals surface area contributed by atoms with E-state index in [-0.39, 0.29) is 5.69 Å². The van der Waals surface area contributed by atoms with Crippen molar-refractivity contribution in [3.05, 3.63) is 39.9 Å². The van der Waals surface area contributed by atoms with Gasteiger partial charge in [0, 0.05) is 12.1 Å². The Morgan fingerprint density at radius 2 is 1.92 bits per heavy atom. The van der Waals surface area contributed by atoms with Crippen molar-refractivity contribution in [2.75, 3.05) is 0 Å². The second-order valence-electron chi connectivity index (χ2n) is 2.39. The molecule has 0 aliphatic rings. The zero-order chi connectivity index (χ0) is 9.84. The van der Waals surface area contributed by atoms with Crippen LogP contribution in [0.25, 0.3) is 0 Å². The van der Waals surface area contributed by atoms with Gasteiger partial charge in [-0.2, -0.15) is 0 Å². The molecular weight excluding hydrogens is 194 g/mol. The lowest BCUT2D eigenvalue weighted by atomic mass is 10.1. The van der Waals surface area contributed by atoms with Gasteiger partial charge in [0.2, 0.25) is 0 Å². The number of carbonyl (C=O) groups is 1. The van der Waals surface area contributed by atoms with Crippen LogP contribution in [0.15, 0.2) is 24.3 Å². The van der Waals surface area contributed by atoms with Crippen LogP contribution in [0.3, 0.4) is 0 Å². The third-order valence-corrected chi connectivity index (χ3v) is 1.90. The first-order valence-electron chi connectivity index (χ1n) is 3.49. The van der Waals surface area contributed by atoms with E-state index in [2.05, 4.69) is 0 Å². The summed E-state index contributed by atoms with van der Waals surface area (Å²) in [5.74, 6) is 0. The number of alkyl halides is 1. The Bertz CT molecular complexity index is 323. The topological polar surface area (TPSA) is 60.2 Å². The predicted octanol–water partition coefficient (Wildman–Crippen LogP) is 2.07. The van der Waals surface area contributed by atoms with Gasteiger partial charge in [0.25, 0.3) is 5.69 Å². The van der Waals surface area contributed by atoms with E-state index >= 15 is 0 Å². The van der Waals surface area contributed by atoms with Crippen LogP contribution < -0.4 is 0 Å². The van der Waals surface area contributed by atoms with E-state index in [4.69, 9.17) is 11.6 Å². The van der Waals surface area contributed by atoms with Crippen molar-refractivity contribution >= 4 is 23.6 Å². The number of nitrogens with zero attached hydrogens (tertiary/aromatic N) is 1. The van der Waals surface area contributed by atoms with E-state index in [1.165, 1.54) is 24.3 Å². The number of nitro benzene ring substituents is 1. The van der Waals surface area contributed by atoms with E-state index in [0.29, 0.717) is 11.8 Å². The van der Waals surface area contributed by atoms with Gasteiger partial charge in [-0.15, -0.1) is 11.6 Å². The van der Waals surface area contributed by atoms with Gasteiger partial charge in [-0.25, -0.2) is 0 Å². The average molecular weight is 200 g/mol. The minimum absolute atomic E-state index is 0.0153. The smallest absolute Gasteiger partial charge is 0.269 e. The van der Waals surface area contributed by atoms with E-state index < -0.39 is 10.3 Å². The van der Waals surface area contributed by atoms with Gasteiger partial charge in [-0.3, -0.25) is 10.1 Å². The average Bonchev–Trinajstić information content (AvgIpc) is 2.17. The number of carbonyl (C=O) groups excluding carboxylic acids is 1. The second kappa shape index (κ2) is 4.00. The molecule has 0 aliphatic heterocycles. The lowest BCUT2D eigenvalue weighted by molar-refractivity contribution is -0.384. The number of aldehydes is 1. The molecule has 0 amide bonds. The summed E-state index contributed by atoms with van der Waals surface area (Å²) < 4.78 is 0. The molecule has 0 bridgehead atoms. The molecule has 0 saturated carbocycles. The summed E-state index contributed by atoms with van der Waals surface area (Å²) in [5.41, 5.74) is 0.542. The number of non-ortho nitro benzene ring substituents is 1. The molecule has 0 unspecified atom stereocenters. The van der Waals surface area contributed by atoms with E-state index in [1.807, 2.05) is 0 Å². The van der Waals surface area contributed by atoms with Crippen LogP contribution in [0.5, 0.6) is 0 Å². The maximum absolute atomic E-state index is 10.3. The zero-order valence-corrected chi connectivity index (χ0v) is 7.27. The summed E-state index contributed by atoms with van der Waals surface area (Å²) in [6, 6.07) is 5.55. The van der Waals surface area contributed by atoms with Crippen molar-refractivity contribution in [1.82, 2.24) is 0 Å². The molecule has 0 spiro atoms. The fourth-order valence-corrected chi connectivity index (χ4v) is 1.00. The lowest BCUT2D eigenvalue weighted by Crippen LogP contribution is -1.92. The number of hydrogen-bond donors (Lipinski definition) is 0. The summed E-state index contributed by atoms with van der Waals surface area (Å²) in [6.07, 6.45) is 0.572. The molecule has 4 nitrogen and oxygen atoms in total. The lowest BCUT2D eigenvalue weighted by Gasteiger charge is -1.99. The number of halogens is 1. The Morgan fingerprint density at radius 3 is 2.31 bits per heavy atom. The normalized spacial score (nSPS) is 12.1. The summed E-state index contributed by atoms with van der Waals surface area (Å²) in [7, 11) is 0. The van der Waals surface area contributed by atoms with Crippen molar-refractivity contribution in [1.29, 1.82) is 0 Å². The minimum atomic E-state index is -0.735. The van der Waals surface area contributed by atoms with Gasteiger partial charge in [0.05, 0.1) is 4.92 Å². The molecule has 0 saturated heterocycles. The molecule has 68 valence electrons. The van der Waals surface area contributed by atoms with Crippen LogP contribution in [-0.2, 0) is 4.79 Å². The van der Waals surface area contributed by atoms with Crippen LogP contribution in [0.2, 0.25) is 0 Å². The molecule has 0 N–H and O–H groups in total. The monoisotopic (exact) mass is 199 g/mol. The predicted molar refractivity (Wildman–Crippen MR) is 47.8 cm³/mol. The molecule has 0 heterocycles. The quantitative estimate of drug-likeness (QED) is 0.324. The van der Waals surface area contributed by atoms with Crippen LogP contribution >= 0.6 is 11.6 Å². The Hall–Kier alpha value is -1.42. The Labute approximate surface area is 79.3 Å². The molecule has 0 aliphatic carbocycles. The maximum atomic E-state index is 10.3. The van der Waals surface area contributed by atoms with Gasteiger partial charge in [0.15, 0.2) is 0 Å². The molecule has 1 atom stereocenters. The van der Waals surface area contributed by atoms with Gasteiger partial charge >= 0.3 is 0 Å². The molecule has 5 heteroatoms. The molecule has 0 radical (unpaired) electrons. The largest absolute Gasteiger partial charge is 0.301 e. The Morgan fingerprint density at radius 1 is 1.38 bits per heavy atom.